The third kappa shape index (κ3) is 5.55. The van der Waals surface area contributed by atoms with Crippen molar-refractivity contribution in [3.8, 4) is 11.3 Å². The Morgan fingerprint density at radius 3 is 2.38 bits per heavy atom. The van der Waals surface area contributed by atoms with Gasteiger partial charge in [0.25, 0.3) is 5.91 Å². The lowest BCUT2D eigenvalue weighted by Gasteiger charge is -2.21. The summed E-state index contributed by atoms with van der Waals surface area (Å²) < 4.78 is 10.8. The molecule has 0 spiro atoms. The Labute approximate surface area is 201 Å². The average Bonchev–Trinajstić information content (AvgIpc) is 3.13. The van der Waals surface area contributed by atoms with Crippen LogP contribution in [0.15, 0.2) is 53.1 Å². The maximum Gasteiger partial charge on any atom is 0.412 e. The number of hydrogen-bond acceptors (Lipinski definition) is 6. The first kappa shape index (κ1) is 24.8. The minimum Gasteiger partial charge on any atom is -0.480 e. The van der Waals surface area contributed by atoms with E-state index >= 15 is 0 Å². The Balaban J connectivity index is 1.74. The molecule has 0 aliphatic heterocycles. The van der Waals surface area contributed by atoms with E-state index in [9.17, 15) is 19.5 Å². The van der Waals surface area contributed by atoms with Gasteiger partial charge in [-0.3, -0.25) is 10.1 Å². The Morgan fingerprint density at radius 1 is 1.12 bits per heavy atom. The zero-order chi connectivity index (χ0) is 25.0. The highest BCUT2D eigenvalue weighted by molar-refractivity contribution is 6.31. The van der Waals surface area contributed by atoms with Gasteiger partial charge < -0.3 is 19.7 Å². The van der Waals surface area contributed by atoms with E-state index in [-0.39, 0.29) is 11.3 Å². The fraction of sp³-hybridized carbons (Fsp3) is 0.250. The van der Waals surface area contributed by atoms with Crippen LogP contribution in [0.5, 0.6) is 0 Å². The number of hydrogen-bond donors (Lipinski definition) is 3. The van der Waals surface area contributed by atoms with E-state index in [1.807, 2.05) is 0 Å². The molecule has 3 aromatic rings. The molecule has 1 unspecified atom stereocenters. The van der Waals surface area contributed by atoms with E-state index in [0.29, 0.717) is 27.5 Å². The first-order chi connectivity index (χ1) is 16.0. The molecule has 0 fully saturated rings. The monoisotopic (exact) mass is 485 g/mol. The molecule has 1 atom stereocenters. The molecule has 3 rings (SSSR count). The minimum absolute atomic E-state index is 0.261. The number of benzene rings is 2. The number of carbonyl (C=O) groups is 3. The van der Waals surface area contributed by atoms with Gasteiger partial charge in [-0.05, 0) is 45.9 Å². The lowest BCUT2D eigenvalue weighted by molar-refractivity contribution is -0.143. The van der Waals surface area contributed by atoms with E-state index in [1.165, 1.54) is 26.0 Å². The molecule has 0 saturated carbocycles. The lowest BCUT2D eigenvalue weighted by atomic mass is 10.0. The molecule has 1 aromatic heterocycles. The third-order valence-corrected chi connectivity index (χ3v) is 5.43. The summed E-state index contributed by atoms with van der Waals surface area (Å²) in [5.74, 6) is -1.41. The van der Waals surface area contributed by atoms with Crippen molar-refractivity contribution in [2.24, 2.45) is 0 Å². The van der Waals surface area contributed by atoms with E-state index in [1.54, 1.807) is 50.2 Å². The second kappa shape index (κ2) is 9.96. The fourth-order valence-corrected chi connectivity index (χ4v) is 3.35. The first-order valence-corrected chi connectivity index (χ1v) is 10.7. The summed E-state index contributed by atoms with van der Waals surface area (Å²) in [6.45, 7) is 6.15. The summed E-state index contributed by atoms with van der Waals surface area (Å²) in [4.78, 5) is 36.1. The molecular formula is C24H24ClN3O6. The van der Waals surface area contributed by atoms with Gasteiger partial charge in [0, 0.05) is 21.7 Å². The fourth-order valence-electron chi connectivity index (χ4n) is 3.06. The van der Waals surface area contributed by atoms with Crippen molar-refractivity contribution in [2.75, 3.05) is 5.32 Å². The summed E-state index contributed by atoms with van der Waals surface area (Å²) in [6, 6.07) is 13.3. The summed E-state index contributed by atoms with van der Waals surface area (Å²) >= 11 is 6.17. The zero-order valence-corrected chi connectivity index (χ0v) is 19.8. The van der Waals surface area contributed by atoms with Crippen molar-refractivity contribution in [1.82, 2.24) is 10.5 Å². The molecule has 1 heterocycles. The number of aliphatic carboxylic acids is 1. The van der Waals surface area contributed by atoms with E-state index in [4.69, 9.17) is 20.9 Å². The van der Waals surface area contributed by atoms with E-state index in [2.05, 4.69) is 15.8 Å². The molecule has 0 aliphatic rings. The van der Waals surface area contributed by atoms with Crippen LogP contribution in [-0.4, -0.2) is 33.8 Å². The molecule has 2 amide bonds. The minimum atomic E-state index is -1.42. The number of nitrogens with one attached hydrogen (secondary N) is 2. The first-order valence-electron chi connectivity index (χ1n) is 10.3. The van der Waals surface area contributed by atoms with Crippen LogP contribution >= 0.6 is 11.6 Å². The topological polar surface area (TPSA) is 131 Å². The van der Waals surface area contributed by atoms with Crippen LogP contribution in [0.1, 0.15) is 48.5 Å². The number of halogens is 1. The van der Waals surface area contributed by atoms with Crippen molar-refractivity contribution < 1.29 is 28.8 Å². The maximum absolute atomic E-state index is 12.5. The Bertz CT molecular complexity index is 1220. The second-order valence-corrected chi connectivity index (χ2v) is 8.53. The standard InChI is InChI=1S/C24H24ClN3O6/c1-13-19(26-23(32)33-14(2)17-7-5-6-8-18(17)25)20(34-28-13)15-9-11-16(12-10-15)21(29)27-24(3,4)22(30)31/h5-12,14H,1-4H3,(H,26,32)(H,27,29)(H,30,31). The van der Waals surface area contributed by atoms with Crippen molar-refractivity contribution in [2.45, 2.75) is 39.3 Å². The molecule has 178 valence electrons. The van der Waals surface area contributed by atoms with Crippen LogP contribution in [0.2, 0.25) is 5.02 Å². The van der Waals surface area contributed by atoms with Gasteiger partial charge in [-0.2, -0.15) is 0 Å². The second-order valence-electron chi connectivity index (χ2n) is 8.13. The van der Waals surface area contributed by atoms with Crippen LogP contribution in [0, 0.1) is 6.92 Å². The molecule has 0 radical (unpaired) electrons. The normalized spacial score (nSPS) is 12.0. The SMILES string of the molecule is Cc1noc(-c2ccc(C(=O)NC(C)(C)C(=O)O)cc2)c1NC(=O)OC(C)c1ccccc1Cl. The van der Waals surface area contributed by atoms with Gasteiger partial charge in [-0.15, -0.1) is 0 Å². The molecule has 0 bridgehead atoms. The van der Waals surface area contributed by atoms with Crippen molar-refractivity contribution >= 4 is 35.3 Å². The third-order valence-electron chi connectivity index (χ3n) is 5.09. The van der Waals surface area contributed by atoms with Crippen molar-refractivity contribution in [1.29, 1.82) is 0 Å². The average molecular weight is 486 g/mol. The highest BCUT2D eigenvalue weighted by Crippen LogP contribution is 2.32. The summed E-state index contributed by atoms with van der Waals surface area (Å²) in [6.07, 6.45) is -1.31. The number of carbonyl (C=O) groups excluding carboxylic acids is 2. The van der Waals surface area contributed by atoms with Crippen molar-refractivity contribution in [3.63, 3.8) is 0 Å². The number of carboxylic acid groups (broad SMARTS) is 1. The maximum atomic E-state index is 12.5. The van der Waals surface area contributed by atoms with Gasteiger partial charge in [0.05, 0.1) is 0 Å². The lowest BCUT2D eigenvalue weighted by Crippen LogP contribution is -2.49. The molecule has 34 heavy (non-hydrogen) atoms. The highest BCUT2D eigenvalue weighted by atomic mass is 35.5. The van der Waals surface area contributed by atoms with Crippen LogP contribution in [0.3, 0.4) is 0 Å². The molecule has 10 heteroatoms. The van der Waals surface area contributed by atoms with E-state index in [0.717, 1.165) is 0 Å². The summed E-state index contributed by atoms with van der Waals surface area (Å²) in [7, 11) is 0. The Hall–Kier alpha value is -3.85. The van der Waals surface area contributed by atoms with Gasteiger partial charge in [0.15, 0.2) is 5.76 Å². The number of ether oxygens (including phenoxy) is 1. The molecule has 3 N–H and O–H groups in total. The number of aromatic nitrogens is 1. The van der Waals surface area contributed by atoms with Gasteiger partial charge in [-0.1, -0.05) is 47.1 Å². The molecule has 9 nitrogen and oxygen atoms in total. The van der Waals surface area contributed by atoms with Crippen LogP contribution < -0.4 is 10.6 Å². The Morgan fingerprint density at radius 2 is 1.76 bits per heavy atom. The van der Waals surface area contributed by atoms with E-state index < -0.39 is 29.6 Å². The molecule has 0 aliphatic carbocycles. The molecular weight excluding hydrogens is 462 g/mol. The number of nitrogens with zero attached hydrogens (tertiary/aromatic N) is 1. The molecule has 0 saturated heterocycles. The Kier molecular flexibility index (Phi) is 7.26. The number of rotatable bonds is 7. The predicted molar refractivity (Wildman–Crippen MR) is 126 cm³/mol. The molecule has 2 aromatic carbocycles. The zero-order valence-electron chi connectivity index (χ0n) is 19.0. The number of carboxylic acids is 1. The van der Waals surface area contributed by atoms with Crippen LogP contribution in [0.4, 0.5) is 10.5 Å². The predicted octanol–water partition coefficient (Wildman–Crippen LogP) is 5.21. The number of anilines is 1. The quantitative estimate of drug-likeness (QED) is 0.418. The number of amides is 2. The van der Waals surface area contributed by atoms with Gasteiger partial charge in [0.2, 0.25) is 0 Å². The summed E-state index contributed by atoms with van der Waals surface area (Å²) in [5, 5.41) is 18.7. The van der Waals surface area contributed by atoms with Crippen LogP contribution in [-0.2, 0) is 9.53 Å². The largest absolute Gasteiger partial charge is 0.480 e. The van der Waals surface area contributed by atoms with Crippen LogP contribution in [0.25, 0.3) is 11.3 Å². The van der Waals surface area contributed by atoms with Crippen molar-refractivity contribution in [3.05, 3.63) is 70.4 Å². The highest BCUT2D eigenvalue weighted by Gasteiger charge is 2.29. The van der Waals surface area contributed by atoms with Gasteiger partial charge in [-0.25, -0.2) is 9.59 Å². The summed E-state index contributed by atoms with van der Waals surface area (Å²) in [5.41, 5.74) is 0.807. The number of aryl methyl sites for hydroxylation is 1. The van der Waals surface area contributed by atoms with Gasteiger partial charge >= 0.3 is 12.1 Å². The smallest absolute Gasteiger partial charge is 0.412 e. The van der Waals surface area contributed by atoms with Gasteiger partial charge in [0.1, 0.15) is 23.0 Å².